The maximum absolute atomic E-state index is 13.1. The molecule has 1 aromatic carbocycles. The van der Waals surface area contributed by atoms with Gasteiger partial charge in [0.1, 0.15) is 15.5 Å². The van der Waals surface area contributed by atoms with Gasteiger partial charge in [-0.25, -0.2) is 0 Å². The number of anilines is 1. The zero-order valence-corrected chi connectivity index (χ0v) is 16.6. The molecule has 4 rings (SSSR count). The van der Waals surface area contributed by atoms with E-state index >= 15 is 0 Å². The Balaban J connectivity index is 1.57. The van der Waals surface area contributed by atoms with E-state index in [1.807, 2.05) is 37.9 Å². The highest BCUT2D eigenvalue weighted by Gasteiger charge is 2.44. The topological polar surface area (TPSA) is 81.3 Å². The first-order chi connectivity index (χ1) is 12.9. The number of aromatic nitrogens is 2. The second-order valence-electron chi connectivity index (χ2n) is 7.03. The molecule has 2 unspecified atom stereocenters. The van der Waals surface area contributed by atoms with E-state index in [2.05, 4.69) is 22.3 Å². The molecule has 1 amide bonds. The van der Waals surface area contributed by atoms with Gasteiger partial charge in [0.15, 0.2) is 0 Å². The van der Waals surface area contributed by atoms with Crippen molar-refractivity contribution in [2.45, 2.75) is 32.2 Å². The Bertz CT molecular complexity index is 1030. The number of likely N-dealkylation sites (N-methyl/N-ethyl adjacent to an activating group) is 1. The van der Waals surface area contributed by atoms with Crippen LogP contribution in [0, 0.1) is 13.8 Å². The summed E-state index contributed by atoms with van der Waals surface area (Å²) in [6.07, 6.45) is 0.956. The Morgan fingerprint density at radius 2 is 1.96 bits per heavy atom. The molecule has 0 radical (unpaired) electrons. The van der Waals surface area contributed by atoms with Gasteiger partial charge in [-0.2, -0.15) is 5.10 Å². The predicted molar refractivity (Wildman–Crippen MR) is 108 cm³/mol. The van der Waals surface area contributed by atoms with E-state index in [1.165, 1.54) is 16.9 Å². The first kappa shape index (κ1) is 17.7. The van der Waals surface area contributed by atoms with Crippen molar-refractivity contribution in [3.63, 3.8) is 0 Å². The van der Waals surface area contributed by atoms with Crippen molar-refractivity contribution in [3.8, 4) is 5.75 Å². The van der Waals surface area contributed by atoms with Gasteiger partial charge in [0.2, 0.25) is 0 Å². The highest BCUT2D eigenvalue weighted by Crippen LogP contribution is 2.46. The van der Waals surface area contributed by atoms with E-state index in [4.69, 9.17) is 10.5 Å². The Hall–Kier alpha value is -2.67. The van der Waals surface area contributed by atoms with Gasteiger partial charge in [-0.3, -0.25) is 4.79 Å². The van der Waals surface area contributed by atoms with Crippen LogP contribution in [-0.4, -0.2) is 41.2 Å². The van der Waals surface area contributed by atoms with Crippen LogP contribution in [0.1, 0.15) is 38.8 Å². The van der Waals surface area contributed by atoms with Crippen LogP contribution in [0.5, 0.6) is 5.75 Å². The second-order valence-corrected chi connectivity index (χ2v) is 8.03. The van der Waals surface area contributed by atoms with Crippen molar-refractivity contribution in [1.82, 2.24) is 15.1 Å². The molecule has 6 nitrogen and oxygen atoms in total. The van der Waals surface area contributed by atoms with Gasteiger partial charge >= 0.3 is 0 Å². The number of thiophene rings is 1. The smallest absolute Gasteiger partial charge is 0.266 e. The van der Waals surface area contributed by atoms with Crippen molar-refractivity contribution in [1.29, 1.82) is 0 Å². The molecule has 3 aromatic rings. The fourth-order valence-corrected chi connectivity index (χ4v) is 4.61. The molecule has 0 saturated heterocycles. The van der Waals surface area contributed by atoms with Gasteiger partial charge in [-0.1, -0.05) is 12.1 Å². The molecular formula is C20H22N4O2S. The summed E-state index contributed by atoms with van der Waals surface area (Å²) in [6, 6.07) is 8.24. The van der Waals surface area contributed by atoms with Crippen molar-refractivity contribution < 1.29 is 9.53 Å². The quantitative estimate of drug-likeness (QED) is 0.746. The van der Waals surface area contributed by atoms with Crippen LogP contribution in [0.2, 0.25) is 0 Å². The minimum atomic E-state index is -0.0476. The molecule has 2 atom stereocenters. The number of carbonyl (C=O) groups excluding carboxylic acids is 1. The lowest BCUT2D eigenvalue weighted by atomic mass is 10.1. The van der Waals surface area contributed by atoms with Crippen LogP contribution in [0.15, 0.2) is 24.3 Å². The lowest BCUT2D eigenvalue weighted by molar-refractivity contribution is 0.0788. The number of nitrogen functional groups attached to an aromatic ring is 1. The SMILES string of the molecule is COc1ccc(C2CC2N(C)C(=O)c2sc3nnc(C)c(C)c3c2N)cc1. The molecule has 2 aromatic heterocycles. The first-order valence-corrected chi connectivity index (χ1v) is 9.67. The molecule has 0 aliphatic heterocycles. The lowest BCUT2D eigenvalue weighted by Crippen LogP contribution is -2.29. The average Bonchev–Trinajstić information content (AvgIpc) is 3.41. The number of carbonyl (C=O) groups is 1. The maximum Gasteiger partial charge on any atom is 0.266 e. The molecule has 27 heavy (non-hydrogen) atoms. The molecular weight excluding hydrogens is 360 g/mol. The average molecular weight is 382 g/mol. The van der Waals surface area contributed by atoms with Crippen molar-refractivity contribution in [2.75, 3.05) is 19.9 Å². The van der Waals surface area contributed by atoms with Crippen LogP contribution < -0.4 is 10.5 Å². The molecule has 2 N–H and O–H groups in total. The molecule has 140 valence electrons. The fraction of sp³-hybridized carbons (Fsp3) is 0.350. The van der Waals surface area contributed by atoms with Gasteiger partial charge in [0.05, 0.1) is 18.5 Å². The van der Waals surface area contributed by atoms with Gasteiger partial charge in [-0.15, -0.1) is 16.4 Å². The number of fused-ring (bicyclic) bond motifs is 1. The second kappa shape index (κ2) is 6.49. The standard InChI is InChI=1S/C20H22N4O2S/c1-10-11(2)22-23-19-16(10)17(21)18(27-19)20(25)24(3)15-9-14(15)12-5-7-13(26-4)8-6-12/h5-8,14-15H,9,21H2,1-4H3. The molecule has 0 bridgehead atoms. The van der Waals surface area contributed by atoms with Crippen LogP contribution in [0.4, 0.5) is 5.69 Å². The monoisotopic (exact) mass is 382 g/mol. The number of amides is 1. The third-order valence-electron chi connectivity index (χ3n) is 5.45. The maximum atomic E-state index is 13.1. The van der Waals surface area contributed by atoms with Gasteiger partial charge in [-0.05, 0) is 43.5 Å². The van der Waals surface area contributed by atoms with Crippen LogP contribution >= 0.6 is 11.3 Å². The number of methoxy groups -OCH3 is 1. The highest BCUT2D eigenvalue weighted by molar-refractivity contribution is 7.21. The van der Waals surface area contributed by atoms with Crippen molar-refractivity contribution in [3.05, 3.63) is 46.0 Å². The summed E-state index contributed by atoms with van der Waals surface area (Å²) in [5, 5.41) is 9.21. The van der Waals surface area contributed by atoms with E-state index in [0.717, 1.165) is 33.6 Å². The fourth-order valence-electron chi connectivity index (χ4n) is 3.53. The zero-order valence-electron chi connectivity index (χ0n) is 15.8. The predicted octanol–water partition coefficient (Wildman–Crippen LogP) is 3.53. The molecule has 1 fully saturated rings. The molecule has 7 heteroatoms. The molecule has 2 heterocycles. The number of benzene rings is 1. The van der Waals surface area contributed by atoms with Gasteiger partial charge in [0, 0.05) is 24.4 Å². The molecule has 1 saturated carbocycles. The number of aryl methyl sites for hydroxylation is 2. The van der Waals surface area contributed by atoms with Gasteiger partial charge < -0.3 is 15.4 Å². The Kier molecular flexibility index (Phi) is 4.26. The minimum Gasteiger partial charge on any atom is -0.497 e. The number of hydrogen-bond donors (Lipinski definition) is 1. The van der Waals surface area contributed by atoms with Crippen LogP contribution in [-0.2, 0) is 0 Å². The van der Waals surface area contributed by atoms with E-state index in [9.17, 15) is 4.79 Å². The number of hydrogen-bond acceptors (Lipinski definition) is 6. The largest absolute Gasteiger partial charge is 0.497 e. The molecule has 1 aliphatic rings. The van der Waals surface area contributed by atoms with Crippen LogP contribution in [0.3, 0.4) is 0 Å². The van der Waals surface area contributed by atoms with E-state index in [-0.39, 0.29) is 11.9 Å². The Morgan fingerprint density at radius 3 is 2.63 bits per heavy atom. The summed E-state index contributed by atoms with van der Waals surface area (Å²) >= 11 is 1.32. The van der Waals surface area contributed by atoms with E-state index in [0.29, 0.717) is 16.5 Å². The number of nitrogens with zero attached hydrogens (tertiary/aromatic N) is 3. The third-order valence-corrected chi connectivity index (χ3v) is 6.53. The lowest BCUT2D eigenvalue weighted by Gasteiger charge is -2.17. The summed E-state index contributed by atoms with van der Waals surface area (Å²) in [7, 11) is 3.51. The van der Waals surface area contributed by atoms with E-state index < -0.39 is 0 Å². The van der Waals surface area contributed by atoms with Crippen molar-refractivity contribution in [2.24, 2.45) is 0 Å². The normalized spacial score (nSPS) is 18.5. The Labute approximate surface area is 162 Å². The summed E-state index contributed by atoms with van der Waals surface area (Å²) < 4.78 is 5.21. The number of nitrogens with two attached hydrogens (primary N) is 1. The first-order valence-electron chi connectivity index (χ1n) is 8.85. The summed E-state index contributed by atoms with van der Waals surface area (Å²) in [6.45, 7) is 3.87. The zero-order chi connectivity index (χ0) is 19.3. The minimum absolute atomic E-state index is 0.0476. The Morgan fingerprint density at radius 1 is 1.26 bits per heavy atom. The molecule has 0 spiro atoms. The summed E-state index contributed by atoms with van der Waals surface area (Å²) in [5.41, 5.74) is 9.89. The van der Waals surface area contributed by atoms with Gasteiger partial charge in [0.25, 0.3) is 5.91 Å². The summed E-state index contributed by atoms with van der Waals surface area (Å²) in [4.78, 5) is 16.2. The van der Waals surface area contributed by atoms with Crippen LogP contribution in [0.25, 0.3) is 10.2 Å². The van der Waals surface area contributed by atoms with Crippen molar-refractivity contribution >= 4 is 33.1 Å². The van der Waals surface area contributed by atoms with E-state index in [1.54, 1.807) is 7.11 Å². The summed E-state index contributed by atoms with van der Waals surface area (Å²) in [5.74, 6) is 1.14. The molecule has 1 aliphatic carbocycles. The number of ether oxygens (including phenoxy) is 1. The number of rotatable bonds is 4. The highest BCUT2D eigenvalue weighted by atomic mass is 32.1. The third kappa shape index (κ3) is 2.92.